The fourth-order valence-electron chi connectivity index (χ4n) is 3.72. The fourth-order valence-corrected chi connectivity index (χ4v) is 3.72. The van der Waals surface area contributed by atoms with Gasteiger partial charge in [-0.05, 0) is 35.9 Å². The summed E-state index contributed by atoms with van der Waals surface area (Å²) in [5, 5.41) is 2.18. The lowest BCUT2D eigenvalue weighted by Gasteiger charge is -2.27. The van der Waals surface area contributed by atoms with Gasteiger partial charge in [0.25, 0.3) is 17.7 Å². The summed E-state index contributed by atoms with van der Waals surface area (Å²) in [7, 11) is 2.87. The summed E-state index contributed by atoms with van der Waals surface area (Å²) in [5.41, 5.74) is 0.452. The molecule has 2 aliphatic heterocycles. The lowest BCUT2D eigenvalue weighted by Crippen LogP contribution is -2.54. The molecule has 2 aromatic rings. The molecule has 0 saturated carbocycles. The fraction of sp³-hybridized carbons (Fsp3) is 0.280. The highest BCUT2D eigenvalue weighted by atomic mass is 16.5. The highest BCUT2D eigenvalue weighted by Crippen LogP contribution is 2.34. The Kier molecular flexibility index (Phi) is 7.50. The number of nitrogens with zero attached hydrogens (tertiary/aromatic N) is 2. The summed E-state index contributed by atoms with van der Waals surface area (Å²) < 4.78 is 21.3. The van der Waals surface area contributed by atoms with Crippen LogP contribution in [0.15, 0.2) is 48.0 Å². The van der Waals surface area contributed by atoms with E-state index in [0.717, 1.165) is 4.90 Å². The smallest absolute Gasteiger partial charge is 0.336 e. The van der Waals surface area contributed by atoms with Gasteiger partial charge in [-0.15, -0.1) is 0 Å². The third-order valence-corrected chi connectivity index (χ3v) is 5.65. The molecule has 11 nitrogen and oxygen atoms in total. The number of amides is 5. The molecule has 4 rings (SSSR count). The van der Waals surface area contributed by atoms with Crippen LogP contribution in [0.5, 0.6) is 17.2 Å². The summed E-state index contributed by atoms with van der Waals surface area (Å²) in [5.74, 6) is -0.597. The second-order valence-electron chi connectivity index (χ2n) is 7.85. The van der Waals surface area contributed by atoms with Gasteiger partial charge in [0.15, 0.2) is 6.61 Å². The zero-order chi connectivity index (χ0) is 25.7. The third-order valence-electron chi connectivity index (χ3n) is 5.65. The SMILES string of the molecule is COc1ccc(N2C(=O)NC(=O)/C(=C\c3ccc(OCC(=O)N4CCOCC4)cc3)C2=O)c(OC)c1. The zero-order valence-electron chi connectivity index (χ0n) is 19.8. The van der Waals surface area contributed by atoms with E-state index in [9.17, 15) is 19.2 Å². The van der Waals surface area contributed by atoms with Crippen molar-refractivity contribution in [2.45, 2.75) is 0 Å². The first-order valence-electron chi connectivity index (χ1n) is 11.1. The molecule has 2 aromatic carbocycles. The number of benzene rings is 2. The second kappa shape index (κ2) is 10.9. The number of hydrogen-bond acceptors (Lipinski definition) is 8. The number of hydrogen-bond donors (Lipinski definition) is 1. The molecule has 2 heterocycles. The molecule has 0 bridgehead atoms. The van der Waals surface area contributed by atoms with Crippen molar-refractivity contribution < 1.29 is 38.1 Å². The quantitative estimate of drug-likeness (QED) is 0.454. The highest BCUT2D eigenvalue weighted by molar-refractivity contribution is 6.39. The van der Waals surface area contributed by atoms with Crippen molar-refractivity contribution >= 4 is 35.5 Å². The Labute approximate surface area is 207 Å². The van der Waals surface area contributed by atoms with Gasteiger partial charge in [-0.1, -0.05) is 12.1 Å². The van der Waals surface area contributed by atoms with Crippen LogP contribution in [0.1, 0.15) is 5.56 Å². The molecule has 36 heavy (non-hydrogen) atoms. The molecule has 0 spiro atoms. The van der Waals surface area contributed by atoms with Crippen LogP contribution >= 0.6 is 0 Å². The van der Waals surface area contributed by atoms with Crippen molar-refractivity contribution in [2.24, 2.45) is 0 Å². The van der Waals surface area contributed by atoms with Crippen LogP contribution in [0.2, 0.25) is 0 Å². The van der Waals surface area contributed by atoms with Gasteiger partial charge in [0.2, 0.25) is 0 Å². The molecule has 0 radical (unpaired) electrons. The van der Waals surface area contributed by atoms with Gasteiger partial charge < -0.3 is 23.8 Å². The van der Waals surface area contributed by atoms with E-state index in [2.05, 4.69) is 5.32 Å². The van der Waals surface area contributed by atoms with Gasteiger partial charge in [-0.3, -0.25) is 19.7 Å². The molecule has 2 aliphatic rings. The average molecular weight is 495 g/mol. The van der Waals surface area contributed by atoms with E-state index in [1.54, 1.807) is 35.2 Å². The number of imide groups is 2. The number of carbonyl (C=O) groups excluding carboxylic acids is 4. The number of urea groups is 1. The Morgan fingerprint density at radius 3 is 2.36 bits per heavy atom. The minimum atomic E-state index is -0.890. The minimum Gasteiger partial charge on any atom is -0.497 e. The lowest BCUT2D eigenvalue weighted by molar-refractivity contribution is -0.137. The summed E-state index contributed by atoms with van der Waals surface area (Å²) in [6.07, 6.45) is 1.37. The van der Waals surface area contributed by atoms with Crippen LogP contribution in [0.25, 0.3) is 6.08 Å². The molecule has 2 fully saturated rings. The van der Waals surface area contributed by atoms with E-state index >= 15 is 0 Å². The van der Waals surface area contributed by atoms with Crippen molar-refractivity contribution in [2.75, 3.05) is 52.0 Å². The molecule has 188 valence electrons. The maximum Gasteiger partial charge on any atom is 0.336 e. The highest BCUT2D eigenvalue weighted by Gasteiger charge is 2.38. The Bertz CT molecular complexity index is 1200. The van der Waals surface area contributed by atoms with Gasteiger partial charge >= 0.3 is 6.03 Å². The number of ether oxygens (including phenoxy) is 4. The number of methoxy groups -OCH3 is 2. The minimum absolute atomic E-state index is 0.109. The molecule has 0 unspecified atom stereocenters. The van der Waals surface area contributed by atoms with Crippen LogP contribution < -0.4 is 24.4 Å². The van der Waals surface area contributed by atoms with Crippen molar-refractivity contribution in [3.8, 4) is 17.2 Å². The van der Waals surface area contributed by atoms with Gasteiger partial charge in [0.1, 0.15) is 22.8 Å². The standard InChI is InChI=1S/C25H25N3O8/c1-33-18-7-8-20(21(14-18)34-2)28-24(31)19(23(30)26-25(28)32)13-16-3-5-17(6-4-16)36-15-22(29)27-9-11-35-12-10-27/h3-8,13-14H,9-12,15H2,1-2H3,(H,26,30,32)/b19-13+. The van der Waals surface area contributed by atoms with E-state index in [4.69, 9.17) is 18.9 Å². The first kappa shape index (κ1) is 24.7. The van der Waals surface area contributed by atoms with Crippen LogP contribution in [-0.4, -0.2) is 75.8 Å². The number of morpholine rings is 1. The number of rotatable bonds is 7. The summed E-state index contributed by atoms with van der Waals surface area (Å²) >= 11 is 0. The lowest BCUT2D eigenvalue weighted by atomic mass is 10.1. The van der Waals surface area contributed by atoms with Gasteiger partial charge in [0, 0.05) is 19.2 Å². The van der Waals surface area contributed by atoms with E-state index in [1.165, 1.54) is 32.4 Å². The number of barbiturate groups is 1. The molecule has 0 atom stereocenters. The summed E-state index contributed by atoms with van der Waals surface area (Å²) in [6, 6.07) is 10.2. The topological polar surface area (TPSA) is 124 Å². The second-order valence-corrected chi connectivity index (χ2v) is 7.85. The molecule has 11 heteroatoms. The molecule has 0 aromatic heterocycles. The van der Waals surface area contributed by atoms with Crippen molar-refractivity contribution in [3.63, 3.8) is 0 Å². The van der Waals surface area contributed by atoms with E-state index in [1.807, 2.05) is 0 Å². The van der Waals surface area contributed by atoms with Crippen LogP contribution in [0, 0.1) is 0 Å². The molecule has 1 N–H and O–H groups in total. The molecule has 5 amide bonds. The van der Waals surface area contributed by atoms with Gasteiger partial charge in [-0.2, -0.15) is 0 Å². The predicted octanol–water partition coefficient (Wildman–Crippen LogP) is 1.61. The molecular weight excluding hydrogens is 470 g/mol. The zero-order valence-corrected chi connectivity index (χ0v) is 19.8. The predicted molar refractivity (Wildman–Crippen MR) is 128 cm³/mol. The van der Waals surface area contributed by atoms with Crippen molar-refractivity contribution in [1.29, 1.82) is 0 Å². The van der Waals surface area contributed by atoms with E-state index in [0.29, 0.717) is 43.4 Å². The average Bonchev–Trinajstić information content (AvgIpc) is 2.90. The summed E-state index contributed by atoms with van der Waals surface area (Å²) in [4.78, 5) is 52.9. The maximum absolute atomic E-state index is 13.2. The number of carbonyl (C=O) groups is 4. The van der Waals surface area contributed by atoms with Gasteiger partial charge in [0.05, 0.1) is 33.1 Å². The maximum atomic E-state index is 13.2. The first-order chi connectivity index (χ1) is 17.4. The Morgan fingerprint density at radius 1 is 1.00 bits per heavy atom. The third kappa shape index (κ3) is 5.31. The molecule has 0 aliphatic carbocycles. The van der Waals surface area contributed by atoms with Crippen LogP contribution in [0.3, 0.4) is 0 Å². The van der Waals surface area contributed by atoms with E-state index < -0.39 is 17.8 Å². The largest absolute Gasteiger partial charge is 0.497 e. The van der Waals surface area contributed by atoms with E-state index in [-0.39, 0.29) is 29.5 Å². The molecule has 2 saturated heterocycles. The number of nitrogens with one attached hydrogen (secondary N) is 1. The molecular formula is C25H25N3O8. The van der Waals surface area contributed by atoms with Crippen molar-refractivity contribution in [3.05, 3.63) is 53.6 Å². The monoisotopic (exact) mass is 495 g/mol. The Hall–Kier alpha value is -4.38. The normalized spacial score (nSPS) is 17.2. The van der Waals surface area contributed by atoms with Crippen molar-refractivity contribution in [1.82, 2.24) is 10.2 Å². The Morgan fingerprint density at radius 2 is 1.69 bits per heavy atom. The van der Waals surface area contributed by atoms with Crippen LogP contribution in [0.4, 0.5) is 10.5 Å². The van der Waals surface area contributed by atoms with Crippen LogP contribution in [-0.2, 0) is 19.1 Å². The summed E-state index contributed by atoms with van der Waals surface area (Å²) in [6.45, 7) is 1.98. The number of anilines is 1. The first-order valence-corrected chi connectivity index (χ1v) is 11.1. The van der Waals surface area contributed by atoms with Gasteiger partial charge in [-0.25, -0.2) is 9.69 Å². The Balaban J connectivity index is 1.49.